The number of carboxylic acid groups (broad SMARTS) is 1. The molecule has 0 spiro atoms. The van der Waals surface area contributed by atoms with Gasteiger partial charge >= 0.3 is 5.97 Å². The summed E-state index contributed by atoms with van der Waals surface area (Å²) in [5, 5.41) is 9.05. The number of aliphatic carboxylic acids is 1. The summed E-state index contributed by atoms with van der Waals surface area (Å²) in [5.74, 6) is -0.913. The maximum Gasteiger partial charge on any atom is 0.305 e. The highest BCUT2D eigenvalue weighted by Gasteiger charge is 2.32. The molecule has 0 saturated carbocycles. The Morgan fingerprint density at radius 2 is 1.92 bits per heavy atom. The lowest BCUT2D eigenvalue weighted by atomic mass is 10.1. The van der Waals surface area contributed by atoms with Crippen molar-refractivity contribution in [2.45, 2.75) is 39.2 Å². The second-order valence-corrected chi connectivity index (χ2v) is 6.35. The van der Waals surface area contributed by atoms with Crippen LogP contribution in [0, 0.1) is 13.8 Å². The first kappa shape index (κ1) is 16.3. The Bertz CT molecular complexity index is 764. The fourth-order valence-corrected chi connectivity index (χ4v) is 3.63. The van der Waals surface area contributed by atoms with Crippen molar-refractivity contribution in [3.05, 3.63) is 53.3 Å². The van der Waals surface area contributed by atoms with Crippen molar-refractivity contribution < 1.29 is 14.7 Å². The lowest BCUT2D eigenvalue weighted by Gasteiger charge is -2.23. The number of rotatable bonds is 4. The third kappa shape index (κ3) is 2.94. The third-order valence-corrected chi connectivity index (χ3v) is 4.72. The van der Waals surface area contributed by atoms with Crippen LogP contribution in [0.2, 0.25) is 0 Å². The summed E-state index contributed by atoms with van der Waals surface area (Å²) >= 11 is 0. The summed E-state index contributed by atoms with van der Waals surface area (Å²) in [5.41, 5.74) is 3.57. The molecule has 1 fully saturated rings. The van der Waals surface area contributed by atoms with Gasteiger partial charge in [-0.25, -0.2) is 0 Å². The number of benzene rings is 1. The lowest BCUT2D eigenvalue weighted by Crippen LogP contribution is -2.37. The first-order valence-corrected chi connectivity index (χ1v) is 8.26. The molecule has 0 radical (unpaired) electrons. The van der Waals surface area contributed by atoms with E-state index in [1.165, 1.54) is 0 Å². The molecular formula is C19H22N2O3. The number of hydrogen-bond acceptors (Lipinski definition) is 2. The van der Waals surface area contributed by atoms with Gasteiger partial charge in [0.15, 0.2) is 0 Å². The van der Waals surface area contributed by atoms with Crippen LogP contribution >= 0.6 is 0 Å². The molecule has 5 heteroatoms. The van der Waals surface area contributed by atoms with Crippen LogP contribution in [0.4, 0.5) is 0 Å². The topological polar surface area (TPSA) is 62.5 Å². The first-order valence-electron chi connectivity index (χ1n) is 8.26. The molecule has 1 amide bonds. The van der Waals surface area contributed by atoms with Crippen molar-refractivity contribution in [1.82, 2.24) is 9.47 Å². The Morgan fingerprint density at radius 3 is 2.58 bits per heavy atom. The molecular weight excluding hydrogens is 304 g/mol. The number of aromatic nitrogens is 1. The lowest BCUT2D eigenvalue weighted by molar-refractivity contribution is -0.137. The highest BCUT2D eigenvalue weighted by Crippen LogP contribution is 2.26. The smallest absolute Gasteiger partial charge is 0.305 e. The SMILES string of the molecule is Cc1cc(C(=O)N2CCCC2CC(=O)O)c(C)n1-c1ccccc1. The van der Waals surface area contributed by atoms with E-state index in [9.17, 15) is 9.59 Å². The largest absolute Gasteiger partial charge is 0.481 e. The number of amides is 1. The van der Waals surface area contributed by atoms with Gasteiger partial charge < -0.3 is 14.6 Å². The normalized spacial score (nSPS) is 17.2. The molecule has 1 aliphatic heterocycles. The van der Waals surface area contributed by atoms with E-state index < -0.39 is 5.97 Å². The number of carboxylic acids is 1. The van der Waals surface area contributed by atoms with Gasteiger partial charge in [-0.2, -0.15) is 0 Å². The number of carbonyl (C=O) groups excluding carboxylic acids is 1. The summed E-state index contributed by atoms with van der Waals surface area (Å²) in [4.78, 5) is 25.7. The number of carbonyl (C=O) groups is 2. The molecule has 1 aromatic heterocycles. The van der Waals surface area contributed by atoms with Crippen molar-refractivity contribution in [2.75, 3.05) is 6.54 Å². The molecule has 1 aliphatic rings. The predicted molar refractivity (Wildman–Crippen MR) is 91.6 cm³/mol. The Hall–Kier alpha value is -2.56. The van der Waals surface area contributed by atoms with E-state index in [0.717, 1.165) is 29.9 Å². The minimum Gasteiger partial charge on any atom is -0.481 e. The van der Waals surface area contributed by atoms with Gasteiger partial charge in [-0.3, -0.25) is 9.59 Å². The van der Waals surface area contributed by atoms with Crippen LogP contribution in [-0.4, -0.2) is 39.0 Å². The molecule has 0 bridgehead atoms. The van der Waals surface area contributed by atoms with E-state index in [-0.39, 0.29) is 18.4 Å². The van der Waals surface area contributed by atoms with Crippen LogP contribution in [-0.2, 0) is 4.79 Å². The van der Waals surface area contributed by atoms with E-state index >= 15 is 0 Å². The van der Waals surface area contributed by atoms with Crippen molar-refractivity contribution in [3.8, 4) is 5.69 Å². The molecule has 1 unspecified atom stereocenters. The average molecular weight is 326 g/mol. The summed E-state index contributed by atoms with van der Waals surface area (Å²) in [7, 11) is 0. The van der Waals surface area contributed by atoms with Crippen LogP contribution < -0.4 is 0 Å². The van der Waals surface area contributed by atoms with Crippen LogP contribution in [0.5, 0.6) is 0 Å². The van der Waals surface area contributed by atoms with E-state index in [4.69, 9.17) is 5.11 Å². The zero-order valence-corrected chi connectivity index (χ0v) is 14.0. The number of hydrogen-bond donors (Lipinski definition) is 1. The van der Waals surface area contributed by atoms with Crippen LogP contribution in [0.3, 0.4) is 0 Å². The summed E-state index contributed by atoms with van der Waals surface area (Å²) in [6, 6.07) is 11.6. The zero-order chi connectivity index (χ0) is 17.3. The minimum atomic E-state index is -0.852. The Balaban J connectivity index is 1.93. The second kappa shape index (κ2) is 6.51. The summed E-state index contributed by atoms with van der Waals surface area (Å²) in [6.45, 7) is 4.55. The van der Waals surface area contributed by atoms with Gasteiger partial charge in [-0.05, 0) is 44.9 Å². The van der Waals surface area contributed by atoms with Gasteiger partial charge in [0.25, 0.3) is 5.91 Å². The second-order valence-electron chi connectivity index (χ2n) is 6.35. The van der Waals surface area contributed by atoms with Gasteiger partial charge in [-0.1, -0.05) is 18.2 Å². The van der Waals surface area contributed by atoms with E-state index in [2.05, 4.69) is 4.57 Å². The minimum absolute atomic E-state index is 0.0170. The average Bonchev–Trinajstić information content (AvgIpc) is 3.11. The zero-order valence-electron chi connectivity index (χ0n) is 14.0. The number of para-hydroxylation sites is 1. The van der Waals surface area contributed by atoms with Gasteiger partial charge in [0.05, 0.1) is 12.0 Å². The molecule has 3 rings (SSSR count). The monoisotopic (exact) mass is 326 g/mol. The quantitative estimate of drug-likeness (QED) is 0.938. The van der Waals surface area contributed by atoms with Gasteiger partial charge in [0.1, 0.15) is 0 Å². The maximum atomic E-state index is 13.0. The highest BCUT2D eigenvalue weighted by atomic mass is 16.4. The van der Waals surface area contributed by atoms with Crippen LogP contribution in [0.15, 0.2) is 36.4 Å². The van der Waals surface area contributed by atoms with E-state index in [0.29, 0.717) is 12.1 Å². The van der Waals surface area contributed by atoms with Crippen molar-refractivity contribution in [3.63, 3.8) is 0 Å². The first-order chi connectivity index (χ1) is 11.5. The fourth-order valence-electron chi connectivity index (χ4n) is 3.63. The number of nitrogens with zero attached hydrogens (tertiary/aromatic N) is 2. The maximum absolute atomic E-state index is 13.0. The number of aryl methyl sites for hydroxylation is 1. The highest BCUT2D eigenvalue weighted by molar-refractivity contribution is 5.96. The molecule has 1 N–H and O–H groups in total. The molecule has 1 atom stereocenters. The van der Waals surface area contributed by atoms with Gasteiger partial charge in [-0.15, -0.1) is 0 Å². The standard InChI is InChI=1S/C19H22N2O3/c1-13-11-17(14(2)21(13)15-7-4-3-5-8-15)19(24)20-10-6-9-16(20)12-18(22)23/h3-5,7-8,11,16H,6,9-10,12H2,1-2H3,(H,22,23). The summed E-state index contributed by atoms with van der Waals surface area (Å²) in [6.07, 6.45) is 1.64. The fraction of sp³-hybridized carbons (Fsp3) is 0.368. The number of likely N-dealkylation sites (tertiary alicyclic amines) is 1. The molecule has 5 nitrogen and oxygen atoms in total. The summed E-state index contributed by atoms with van der Waals surface area (Å²) < 4.78 is 2.06. The molecule has 126 valence electrons. The van der Waals surface area contributed by atoms with E-state index in [1.807, 2.05) is 50.2 Å². The van der Waals surface area contributed by atoms with Gasteiger partial charge in [0.2, 0.25) is 0 Å². The van der Waals surface area contributed by atoms with Crippen molar-refractivity contribution in [1.29, 1.82) is 0 Å². The van der Waals surface area contributed by atoms with Crippen molar-refractivity contribution >= 4 is 11.9 Å². The molecule has 0 aliphatic carbocycles. The van der Waals surface area contributed by atoms with Gasteiger partial charge in [0, 0.05) is 29.7 Å². The Labute approximate surface area is 141 Å². The van der Waals surface area contributed by atoms with Crippen molar-refractivity contribution in [2.24, 2.45) is 0 Å². The predicted octanol–water partition coefficient (Wildman–Crippen LogP) is 3.17. The van der Waals surface area contributed by atoms with E-state index in [1.54, 1.807) is 4.90 Å². The molecule has 1 aromatic carbocycles. The Kier molecular flexibility index (Phi) is 4.42. The molecule has 1 saturated heterocycles. The Morgan fingerprint density at radius 1 is 1.21 bits per heavy atom. The molecule has 24 heavy (non-hydrogen) atoms. The third-order valence-electron chi connectivity index (χ3n) is 4.72. The molecule has 2 heterocycles. The van der Waals surface area contributed by atoms with Crippen LogP contribution in [0.25, 0.3) is 5.69 Å². The van der Waals surface area contributed by atoms with Crippen LogP contribution in [0.1, 0.15) is 41.0 Å². The molecule has 2 aromatic rings.